The van der Waals surface area contributed by atoms with Gasteiger partial charge in [0.2, 0.25) is 0 Å². The first-order chi connectivity index (χ1) is 9.43. The van der Waals surface area contributed by atoms with Crippen LogP contribution in [0.1, 0.15) is 50.1 Å². The highest BCUT2D eigenvalue weighted by molar-refractivity contribution is 5.14. The van der Waals surface area contributed by atoms with Crippen molar-refractivity contribution in [3.05, 3.63) is 42.2 Å². The summed E-state index contributed by atoms with van der Waals surface area (Å²) in [4.78, 5) is 7.02. The lowest BCUT2D eigenvalue weighted by Gasteiger charge is -2.38. The molecule has 1 aliphatic carbocycles. The normalized spacial score (nSPS) is 28.4. The molecule has 2 nitrogen and oxygen atoms in total. The molecule has 3 rings (SSSR count). The molecule has 0 spiro atoms. The molecule has 0 bridgehead atoms. The zero-order chi connectivity index (χ0) is 12.9. The van der Waals surface area contributed by atoms with Crippen LogP contribution in [0.25, 0.3) is 0 Å². The topological polar surface area (TPSA) is 16.1 Å². The number of likely N-dealkylation sites (tertiary alicyclic amines) is 1. The summed E-state index contributed by atoms with van der Waals surface area (Å²) in [6, 6.07) is 4.93. The first-order valence-electron chi connectivity index (χ1n) is 7.72. The van der Waals surface area contributed by atoms with Crippen LogP contribution in [0.15, 0.2) is 36.7 Å². The number of rotatable bonds is 3. The fraction of sp³-hybridized carbons (Fsp3) is 0.588. The predicted molar refractivity (Wildman–Crippen MR) is 78.9 cm³/mol. The fourth-order valence-corrected chi connectivity index (χ4v) is 3.51. The lowest BCUT2D eigenvalue weighted by Crippen LogP contribution is -2.37. The number of piperidine rings is 1. The number of nitrogens with zero attached hydrogens (tertiary/aromatic N) is 2. The van der Waals surface area contributed by atoms with Crippen molar-refractivity contribution in [2.75, 3.05) is 13.1 Å². The molecule has 2 atom stereocenters. The summed E-state index contributed by atoms with van der Waals surface area (Å²) in [5.74, 6) is 0.863. The number of hydrogen-bond donors (Lipinski definition) is 0. The molecule has 0 aromatic carbocycles. The van der Waals surface area contributed by atoms with E-state index in [0.29, 0.717) is 6.04 Å². The van der Waals surface area contributed by atoms with Crippen LogP contribution in [0.5, 0.6) is 0 Å². The molecule has 0 amide bonds. The number of aromatic nitrogens is 1. The number of hydrogen-bond acceptors (Lipinski definition) is 2. The molecule has 19 heavy (non-hydrogen) atoms. The van der Waals surface area contributed by atoms with E-state index in [1.165, 1.54) is 57.2 Å². The third-order valence-corrected chi connectivity index (χ3v) is 4.55. The molecule has 1 aromatic rings. The molecule has 0 N–H and O–H groups in total. The summed E-state index contributed by atoms with van der Waals surface area (Å²) in [5, 5.41) is 0. The van der Waals surface area contributed by atoms with Crippen molar-refractivity contribution in [2.45, 2.75) is 44.6 Å². The molecule has 1 saturated heterocycles. The SMILES string of the molecule is C1=CCC(CN2CCCCC2c2cccnc2)CC1. The van der Waals surface area contributed by atoms with Crippen molar-refractivity contribution < 1.29 is 0 Å². The van der Waals surface area contributed by atoms with E-state index in [2.05, 4.69) is 40.4 Å². The summed E-state index contributed by atoms with van der Waals surface area (Å²) < 4.78 is 0. The lowest BCUT2D eigenvalue weighted by atomic mass is 9.90. The monoisotopic (exact) mass is 256 g/mol. The summed E-state index contributed by atoms with van der Waals surface area (Å²) in [6.07, 6.45) is 16.6. The zero-order valence-electron chi connectivity index (χ0n) is 11.7. The fourth-order valence-electron chi connectivity index (χ4n) is 3.51. The second-order valence-electron chi connectivity index (χ2n) is 5.94. The zero-order valence-corrected chi connectivity index (χ0v) is 11.7. The van der Waals surface area contributed by atoms with E-state index in [9.17, 15) is 0 Å². The summed E-state index contributed by atoms with van der Waals surface area (Å²) in [7, 11) is 0. The minimum Gasteiger partial charge on any atom is -0.296 e. The quantitative estimate of drug-likeness (QED) is 0.761. The van der Waals surface area contributed by atoms with Gasteiger partial charge in [0, 0.05) is 25.0 Å². The Kier molecular flexibility index (Phi) is 4.29. The lowest BCUT2D eigenvalue weighted by molar-refractivity contribution is 0.122. The maximum absolute atomic E-state index is 4.30. The first kappa shape index (κ1) is 12.9. The van der Waals surface area contributed by atoms with Gasteiger partial charge >= 0.3 is 0 Å². The van der Waals surface area contributed by atoms with E-state index < -0.39 is 0 Å². The average molecular weight is 256 g/mol. The maximum atomic E-state index is 4.30. The Balaban J connectivity index is 1.68. The van der Waals surface area contributed by atoms with Gasteiger partial charge in [0.05, 0.1) is 0 Å². The summed E-state index contributed by atoms with van der Waals surface area (Å²) in [5.41, 5.74) is 1.41. The minimum absolute atomic E-state index is 0.605. The van der Waals surface area contributed by atoms with Crippen molar-refractivity contribution in [1.82, 2.24) is 9.88 Å². The third kappa shape index (κ3) is 3.24. The standard InChI is InChI=1S/C17H24N2/c1-2-7-15(8-3-1)14-19-12-5-4-10-17(19)16-9-6-11-18-13-16/h1-2,6,9,11,13,15,17H,3-5,7-8,10,12,14H2. The van der Waals surface area contributed by atoms with Crippen LogP contribution in [0.4, 0.5) is 0 Å². The van der Waals surface area contributed by atoms with Gasteiger partial charge in [0.25, 0.3) is 0 Å². The minimum atomic E-state index is 0.605. The largest absolute Gasteiger partial charge is 0.296 e. The van der Waals surface area contributed by atoms with Crippen LogP contribution < -0.4 is 0 Å². The van der Waals surface area contributed by atoms with E-state index in [1.54, 1.807) is 0 Å². The van der Waals surface area contributed by atoms with Crippen LogP contribution >= 0.6 is 0 Å². The molecule has 1 aromatic heterocycles. The Bertz CT molecular complexity index is 413. The van der Waals surface area contributed by atoms with Gasteiger partial charge in [-0.2, -0.15) is 0 Å². The second kappa shape index (κ2) is 6.33. The van der Waals surface area contributed by atoms with Crippen molar-refractivity contribution in [2.24, 2.45) is 5.92 Å². The van der Waals surface area contributed by atoms with Gasteiger partial charge in [0.1, 0.15) is 0 Å². The van der Waals surface area contributed by atoms with Crippen molar-refractivity contribution in [3.8, 4) is 0 Å². The third-order valence-electron chi connectivity index (χ3n) is 4.55. The average Bonchev–Trinajstić information content (AvgIpc) is 2.50. The van der Waals surface area contributed by atoms with Crippen molar-refractivity contribution in [1.29, 1.82) is 0 Å². The van der Waals surface area contributed by atoms with Crippen molar-refractivity contribution >= 4 is 0 Å². The Morgan fingerprint density at radius 1 is 1.21 bits per heavy atom. The molecule has 2 aliphatic rings. The highest BCUT2D eigenvalue weighted by atomic mass is 15.2. The highest BCUT2D eigenvalue weighted by Gasteiger charge is 2.26. The molecule has 2 heteroatoms. The van der Waals surface area contributed by atoms with Crippen LogP contribution in [-0.4, -0.2) is 23.0 Å². The maximum Gasteiger partial charge on any atom is 0.0363 e. The van der Waals surface area contributed by atoms with Gasteiger partial charge < -0.3 is 0 Å². The molecule has 102 valence electrons. The number of allylic oxidation sites excluding steroid dienone is 2. The Hall–Kier alpha value is -1.15. The smallest absolute Gasteiger partial charge is 0.0363 e. The van der Waals surface area contributed by atoms with E-state index in [0.717, 1.165) is 5.92 Å². The molecule has 1 fully saturated rings. The Morgan fingerprint density at radius 2 is 2.21 bits per heavy atom. The van der Waals surface area contributed by atoms with Gasteiger partial charge in [-0.25, -0.2) is 0 Å². The second-order valence-corrected chi connectivity index (χ2v) is 5.94. The number of pyridine rings is 1. The van der Waals surface area contributed by atoms with E-state index in [1.807, 2.05) is 6.20 Å². The molecule has 2 heterocycles. The van der Waals surface area contributed by atoms with Crippen LogP contribution in [0, 0.1) is 5.92 Å². The first-order valence-corrected chi connectivity index (χ1v) is 7.72. The summed E-state index contributed by atoms with van der Waals surface area (Å²) >= 11 is 0. The molecular weight excluding hydrogens is 232 g/mol. The van der Waals surface area contributed by atoms with Gasteiger partial charge in [0.15, 0.2) is 0 Å². The van der Waals surface area contributed by atoms with Crippen LogP contribution in [0.3, 0.4) is 0 Å². The molecule has 2 unspecified atom stereocenters. The molecule has 0 saturated carbocycles. The van der Waals surface area contributed by atoms with E-state index in [4.69, 9.17) is 0 Å². The highest BCUT2D eigenvalue weighted by Crippen LogP contribution is 2.32. The van der Waals surface area contributed by atoms with Gasteiger partial charge in [-0.05, 0) is 56.2 Å². The van der Waals surface area contributed by atoms with E-state index >= 15 is 0 Å². The molecule has 1 aliphatic heterocycles. The Morgan fingerprint density at radius 3 is 3.00 bits per heavy atom. The van der Waals surface area contributed by atoms with Crippen molar-refractivity contribution in [3.63, 3.8) is 0 Å². The van der Waals surface area contributed by atoms with Crippen LogP contribution in [0.2, 0.25) is 0 Å². The molecular formula is C17H24N2. The van der Waals surface area contributed by atoms with E-state index in [-0.39, 0.29) is 0 Å². The van der Waals surface area contributed by atoms with Gasteiger partial charge in [-0.3, -0.25) is 9.88 Å². The summed E-state index contributed by atoms with van der Waals surface area (Å²) in [6.45, 7) is 2.53. The van der Waals surface area contributed by atoms with Gasteiger partial charge in [-0.1, -0.05) is 24.6 Å². The van der Waals surface area contributed by atoms with Crippen LogP contribution in [-0.2, 0) is 0 Å². The molecule has 0 radical (unpaired) electrons. The predicted octanol–water partition coefficient (Wildman–Crippen LogP) is 3.96. The van der Waals surface area contributed by atoms with Gasteiger partial charge in [-0.15, -0.1) is 0 Å². The Labute approximate surface area is 116 Å².